The molecule has 196 valence electrons. The van der Waals surface area contributed by atoms with Crippen LogP contribution in [-0.4, -0.2) is 56.0 Å². The second kappa shape index (κ2) is 14.1. The minimum atomic E-state index is -0.478. The highest BCUT2D eigenvalue weighted by Gasteiger charge is 2.21. The molecular weight excluding hydrogens is 492 g/mol. The minimum absolute atomic E-state index is 0.0503. The SMILES string of the molecule is CCCCCCC(=O)Nc1ccc(N2CCN(/C(=N\C#N)Nc3ccc(C(=O)OC)cc3Cl)CC2)cc1. The number of amides is 1. The summed E-state index contributed by atoms with van der Waals surface area (Å²) in [5, 5.41) is 15.6. The molecule has 0 bridgehead atoms. The maximum Gasteiger partial charge on any atom is 0.337 e. The summed E-state index contributed by atoms with van der Waals surface area (Å²) in [6.07, 6.45) is 6.70. The Hall–Kier alpha value is -3.77. The standard InChI is InChI=1S/C27H33ClN6O3/c1-3-4-5-6-7-25(35)31-21-9-11-22(12-10-21)33-14-16-34(17-15-33)27(30-19-29)32-24-13-8-20(18-23(24)28)26(36)37-2/h8-13,18H,3-7,14-17H2,1-2H3,(H,30,32)(H,31,35). The third kappa shape index (κ3) is 8.12. The normalized spacial score (nSPS) is 13.6. The second-order valence-electron chi connectivity index (χ2n) is 8.73. The number of unbranched alkanes of at least 4 members (excludes halogenated alkanes) is 3. The summed E-state index contributed by atoms with van der Waals surface area (Å²) in [4.78, 5) is 32.0. The van der Waals surface area contributed by atoms with Gasteiger partial charge in [0.25, 0.3) is 0 Å². The third-order valence-electron chi connectivity index (χ3n) is 6.15. The lowest BCUT2D eigenvalue weighted by Gasteiger charge is -2.37. The van der Waals surface area contributed by atoms with Gasteiger partial charge in [0.05, 0.1) is 23.4 Å². The molecule has 1 saturated heterocycles. The zero-order chi connectivity index (χ0) is 26.6. The molecule has 0 unspecified atom stereocenters. The fraction of sp³-hybridized carbons (Fsp3) is 0.407. The Morgan fingerprint density at radius 2 is 1.78 bits per heavy atom. The van der Waals surface area contributed by atoms with Gasteiger partial charge in [0.2, 0.25) is 18.1 Å². The summed E-state index contributed by atoms with van der Waals surface area (Å²) in [7, 11) is 1.31. The summed E-state index contributed by atoms with van der Waals surface area (Å²) in [5.74, 6) is -0.0329. The largest absolute Gasteiger partial charge is 0.465 e. The number of hydrogen-bond acceptors (Lipinski definition) is 6. The first-order valence-electron chi connectivity index (χ1n) is 12.5. The number of rotatable bonds is 9. The first kappa shape index (κ1) is 27.8. The molecule has 9 nitrogen and oxygen atoms in total. The Morgan fingerprint density at radius 1 is 1.05 bits per heavy atom. The number of nitriles is 1. The summed E-state index contributed by atoms with van der Waals surface area (Å²) in [6, 6.07) is 12.6. The zero-order valence-corrected chi connectivity index (χ0v) is 22.1. The predicted octanol–water partition coefficient (Wildman–Crippen LogP) is 5.11. The monoisotopic (exact) mass is 524 g/mol. The van der Waals surface area contributed by atoms with E-state index in [0.29, 0.717) is 41.7 Å². The molecule has 1 amide bonds. The average molecular weight is 525 g/mol. The fourth-order valence-corrected chi connectivity index (χ4v) is 4.30. The van der Waals surface area contributed by atoms with Crippen molar-refractivity contribution in [2.75, 3.05) is 48.8 Å². The molecule has 10 heteroatoms. The number of esters is 1. The van der Waals surface area contributed by atoms with Crippen LogP contribution in [0.3, 0.4) is 0 Å². The number of anilines is 3. The van der Waals surface area contributed by atoms with Gasteiger partial charge >= 0.3 is 5.97 Å². The molecule has 0 saturated carbocycles. The Kier molecular flexibility index (Phi) is 10.6. The Morgan fingerprint density at radius 3 is 2.41 bits per heavy atom. The van der Waals surface area contributed by atoms with Crippen LogP contribution in [0.1, 0.15) is 49.4 Å². The molecule has 0 spiro atoms. The van der Waals surface area contributed by atoms with Crippen LogP contribution in [-0.2, 0) is 9.53 Å². The number of nitrogens with zero attached hydrogens (tertiary/aromatic N) is 4. The van der Waals surface area contributed by atoms with Gasteiger partial charge in [-0.25, -0.2) is 4.79 Å². The molecule has 1 aliphatic heterocycles. The number of carbonyl (C=O) groups excluding carboxylic acids is 2. The van der Waals surface area contributed by atoms with Crippen molar-refractivity contribution in [1.29, 1.82) is 5.26 Å². The van der Waals surface area contributed by atoms with Crippen molar-refractivity contribution in [2.45, 2.75) is 39.0 Å². The van der Waals surface area contributed by atoms with Crippen LogP contribution in [0.4, 0.5) is 17.1 Å². The molecule has 1 fully saturated rings. The number of methoxy groups -OCH3 is 1. The second-order valence-corrected chi connectivity index (χ2v) is 9.13. The predicted molar refractivity (Wildman–Crippen MR) is 147 cm³/mol. The van der Waals surface area contributed by atoms with Crippen molar-refractivity contribution in [3.63, 3.8) is 0 Å². The minimum Gasteiger partial charge on any atom is -0.465 e. The fourth-order valence-electron chi connectivity index (χ4n) is 4.07. The number of aliphatic imine (C=N–C) groups is 1. The molecular formula is C27H33ClN6O3. The van der Waals surface area contributed by atoms with Gasteiger partial charge in [-0.2, -0.15) is 5.26 Å². The number of ether oxygens (including phenoxy) is 1. The Balaban J connectivity index is 1.54. The smallest absolute Gasteiger partial charge is 0.337 e. The molecule has 3 rings (SSSR count). The van der Waals surface area contributed by atoms with E-state index in [0.717, 1.165) is 50.1 Å². The quantitative estimate of drug-likeness (QED) is 0.154. The van der Waals surface area contributed by atoms with Crippen molar-refractivity contribution in [2.24, 2.45) is 4.99 Å². The first-order chi connectivity index (χ1) is 17.9. The molecule has 1 aliphatic rings. The summed E-state index contributed by atoms with van der Waals surface area (Å²) in [5.41, 5.74) is 2.73. The maximum absolute atomic E-state index is 12.1. The van der Waals surface area contributed by atoms with E-state index in [2.05, 4.69) is 27.4 Å². The van der Waals surface area contributed by atoms with Crippen molar-refractivity contribution < 1.29 is 14.3 Å². The van der Waals surface area contributed by atoms with E-state index in [1.165, 1.54) is 13.2 Å². The number of piperazine rings is 1. The van der Waals surface area contributed by atoms with Crippen molar-refractivity contribution >= 4 is 46.5 Å². The van der Waals surface area contributed by atoms with E-state index < -0.39 is 5.97 Å². The highest BCUT2D eigenvalue weighted by molar-refractivity contribution is 6.34. The lowest BCUT2D eigenvalue weighted by atomic mass is 10.1. The van der Waals surface area contributed by atoms with Crippen molar-refractivity contribution in [3.8, 4) is 6.19 Å². The van der Waals surface area contributed by atoms with E-state index in [1.807, 2.05) is 35.4 Å². The first-order valence-corrected chi connectivity index (χ1v) is 12.8. The molecule has 0 aliphatic carbocycles. The van der Waals surface area contributed by atoms with Crippen LogP contribution >= 0.6 is 11.6 Å². The lowest BCUT2D eigenvalue weighted by molar-refractivity contribution is -0.116. The Bertz CT molecular complexity index is 1140. The van der Waals surface area contributed by atoms with Gasteiger partial charge < -0.3 is 25.2 Å². The number of guanidine groups is 1. The average Bonchev–Trinajstić information content (AvgIpc) is 2.92. The van der Waals surface area contributed by atoms with Crippen LogP contribution in [0.15, 0.2) is 47.5 Å². The van der Waals surface area contributed by atoms with Crippen LogP contribution in [0.25, 0.3) is 0 Å². The van der Waals surface area contributed by atoms with Gasteiger partial charge in [-0.3, -0.25) is 4.79 Å². The molecule has 2 N–H and O–H groups in total. The highest BCUT2D eigenvalue weighted by Crippen LogP contribution is 2.25. The third-order valence-corrected chi connectivity index (χ3v) is 6.46. The summed E-state index contributed by atoms with van der Waals surface area (Å²) < 4.78 is 4.72. The number of nitrogens with one attached hydrogen (secondary N) is 2. The van der Waals surface area contributed by atoms with E-state index in [-0.39, 0.29) is 5.91 Å². The van der Waals surface area contributed by atoms with Gasteiger partial charge in [-0.15, -0.1) is 4.99 Å². The molecule has 1 heterocycles. The maximum atomic E-state index is 12.1. The highest BCUT2D eigenvalue weighted by atomic mass is 35.5. The van der Waals surface area contributed by atoms with Crippen LogP contribution in [0, 0.1) is 11.5 Å². The van der Waals surface area contributed by atoms with Crippen LogP contribution < -0.4 is 15.5 Å². The Labute approximate surface area is 223 Å². The van der Waals surface area contributed by atoms with E-state index in [9.17, 15) is 14.9 Å². The van der Waals surface area contributed by atoms with Crippen molar-refractivity contribution in [1.82, 2.24) is 4.90 Å². The summed E-state index contributed by atoms with van der Waals surface area (Å²) >= 11 is 6.34. The van der Waals surface area contributed by atoms with Gasteiger partial charge in [0.15, 0.2) is 0 Å². The molecule has 0 radical (unpaired) electrons. The summed E-state index contributed by atoms with van der Waals surface area (Å²) in [6.45, 7) is 4.89. The molecule has 2 aromatic rings. The van der Waals surface area contributed by atoms with Crippen LogP contribution in [0.5, 0.6) is 0 Å². The molecule has 2 aromatic carbocycles. The number of hydrogen-bond donors (Lipinski definition) is 2. The van der Waals surface area contributed by atoms with E-state index in [1.54, 1.807) is 12.1 Å². The number of carbonyl (C=O) groups is 2. The van der Waals surface area contributed by atoms with E-state index >= 15 is 0 Å². The molecule has 0 atom stereocenters. The van der Waals surface area contributed by atoms with Crippen LogP contribution in [0.2, 0.25) is 5.02 Å². The molecule has 37 heavy (non-hydrogen) atoms. The van der Waals surface area contributed by atoms with Gasteiger partial charge in [-0.1, -0.05) is 37.8 Å². The van der Waals surface area contributed by atoms with E-state index in [4.69, 9.17) is 16.3 Å². The van der Waals surface area contributed by atoms with Gasteiger partial charge in [0, 0.05) is 44.0 Å². The lowest BCUT2D eigenvalue weighted by Crippen LogP contribution is -2.50. The zero-order valence-electron chi connectivity index (χ0n) is 21.3. The number of benzene rings is 2. The molecule has 0 aromatic heterocycles. The van der Waals surface area contributed by atoms with Crippen molar-refractivity contribution in [3.05, 3.63) is 53.1 Å². The number of halogens is 1. The topological polar surface area (TPSA) is 110 Å². The van der Waals surface area contributed by atoms with Gasteiger partial charge in [-0.05, 0) is 48.9 Å². The van der Waals surface area contributed by atoms with Gasteiger partial charge in [0.1, 0.15) is 0 Å².